The van der Waals surface area contributed by atoms with E-state index in [9.17, 15) is 4.79 Å². The minimum atomic E-state index is -0.0808. The summed E-state index contributed by atoms with van der Waals surface area (Å²) < 4.78 is 16.3. The van der Waals surface area contributed by atoms with Crippen molar-refractivity contribution in [1.82, 2.24) is 10.2 Å². The lowest BCUT2D eigenvalue weighted by molar-refractivity contribution is -0.122. The molecule has 1 fully saturated rings. The molecule has 1 amide bonds. The average molecular weight is 435 g/mol. The number of nitrogens with one attached hydrogen (secondary N) is 1. The second kappa shape index (κ2) is 12.9. The van der Waals surface area contributed by atoms with Crippen LogP contribution < -0.4 is 14.8 Å². The van der Waals surface area contributed by atoms with Gasteiger partial charge in [-0.2, -0.15) is 0 Å². The number of carbonyl (C=O) groups is 1. The summed E-state index contributed by atoms with van der Waals surface area (Å²) in [7, 11) is 5.05. The molecule has 1 heterocycles. The summed E-state index contributed by atoms with van der Waals surface area (Å²) in [6.45, 7) is 7.34. The zero-order valence-corrected chi connectivity index (χ0v) is 20.2. The van der Waals surface area contributed by atoms with Crippen molar-refractivity contribution in [2.45, 2.75) is 76.9 Å². The molecule has 0 bridgehead atoms. The topological polar surface area (TPSA) is 60.0 Å². The molecular formula is C25H42N2O4. The van der Waals surface area contributed by atoms with Gasteiger partial charge in [0.15, 0.2) is 11.5 Å². The number of hydrogen-bond acceptors (Lipinski definition) is 5. The van der Waals surface area contributed by atoms with Gasteiger partial charge in [0, 0.05) is 26.1 Å². The Labute approximate surface area is 188 Å². The number of hydrogen-bond donors (Lipinski definition) is 1. The van der Waals surface area contributed by atoms with Crippen LogP contribution in [-0.4, -0.2) is 63.4 Å². The van der Waals surface area contributed by atoms with Gasteiger partial charge in [0.2, 0.25) is 5.91 Å². The van der Waals surface area contributed by atoms with Crippen molar-refractivity contribution >= 4 is 5.91 Å². The highest BCUT2D eigenvalue weighted by Crippen LogP contribution is 2.28. The van der Waals surface area contributed by atoms with Crippen molar-refractivity contribution in [1.29, 1.82) is 0 Å². The summed E-state index contributed by atoms with van der Waals surface area (Å²) >= 11 is 0. The molecule has 6 heteroatoms. The van der Waals surface area contributed by atoms with E-state index in [0.717, 1.165) is 68.8 Å². The van der Waals surface area contributed by atoms with Gasteiger partial charge >= 0.3 is 0 Å². The normalized spacial score (nSPS) is 15.6. The predicted octanol–water partition coefficient (Wildman–Crippen LogP) is 4.20. The van der Waals surface area contributed by atoms with E-state index in [1.165, 1.54) is 12.8 Å². The zero-order valence-electron chi connectivity index (χ0n) is 20.2. The van der Waals surface area contributed by atoms with Crippen molar-refractivity contribution in [2.24, 2.45) is 0 Å². The van der Waals surface area contributed by atoms with Crippen LogP contribution in [0.5, 0.6) is 11.5 Å². The molecule has 0 aliphatic carbocycles. The first kappa shape index (κ1) is 25.5. The maximum absolute atomic E-state index is 12.7. The first-order valence-corrected chi connectivity index (χ1v) is 11.6. The number of methoxy groups -OCH3 is 3. The highest BCUT2D eigenvalue weighted by molar-refractivity contribution is 5.76. The maximum atomic E-state index is 12.7. The van der Waals surface area contributed by atoms with Gasteiger partial charge in [-0.15, -0.1) is 0 Å². The molecule has 0 spiro atoms. The standard InChI is InChI=1S/C25H42N2O4/c1-25(2,31-5)14-8-6-7-11-24(28)26-21(19-27-15-9-10-16-27)17-20-12-13-22(29-3)23(18-20)30-4/h12-13,18,21H,6-11,14-17,19H2,1-5H3,(H,26,28). The summed E-state index contributed by atoms with van der Waals surface area (Å²) in [6.07, 6.45) is 7.91. The number of rotatable bonds is 14. The van der Waals surface area contributed by atoms with E-state index in [1.807, 2.05) is 12.1 Å². The Kier molecular flexibility index (Phi) is 10.6. The summed E-state index contributed by atoms with van der Waals surface area (Å²) in [5.74, 6) is 1.60. The van der Waals surface area contributed by atoms with Gasteiger partial charge in [-0.25, -0.2) is 0 Å². The lowest BCUT2D eigenvalue weighted by Crippen LogP contribution is -2.44. The van der Waals surface area contributed by atoms with Crippen LogP contribution in [0.1, 0.15) is 64.4 Å². The quantitative estimate of drug-likeness (QED) is 0.445. The van der Waals surface area contributed by atoms with Gasteiger partial charge in [0.05, 0.1) is 19.8 Å². The third kappa shape index (κ3) is 9.08. The summed E-state index contributed by atoms with van der Waals surface area (Å²) in [5, 5.41) is 3.30. The number of carbonyl (C=O) groups excluding carboxylic acids is 1. The van der Waals surface area contributed by atoms with Crippen LogP contribution in [0.4, 0.5) is 0 Å². The number of likely N-dealkylation sites (tertiary alicyclic amines) is 1. The molecular weight excluding hydrogens is 392 g/mol. The zero-order chi connectivity index (χ0) is 22.7. The molecule has 1 unspecified atom stereocenters. The first-order valence-electron chi connectivity index (χ1n) is 11.6. The Balaban J connectivity index is 1.88. The van der Waals surface area contributed by atoms with Gasteiger partial charge in [0.1, 0.15) is 0 Å². The second-order valence-corrected chi connectivity index (χ2v) is 9.19. The molecule has 1 atom stereocenters. The molecule has 1 aliphatic heterocycles. The van der Waals surface area contributed by atoms with E-state index in [-0.39, 0.29) is 17.6 Å². The average Bonchev–Trinajstić information content (AvgIpc) is 3.26. The number of amides is 1. The smallest absolute Gasteiger partial charge is 0.220 e. The highest BCUT2D eigenvalue weighted by atomic mass is 16.5. The molecule has 1 aromatic carbocycles. The third-order valence-corrected chi connectivity index (χ3v) is 6.21. The van der Waals surface area contributed by atoms with Gasteiger partial charge in [-0.3, -0.25) is 4.79 Å². The molecule has 176 valence electrons. The number of benzene rings is 1. The SMILES string of the molecule is COc1ccc(CC(CN2CCCC2)NC(=O)CCCCCC(C)(C)OC)cc1OC. The third-order valence-electron chi connectivity index (χ3n) is 6.21. The molecule has 1 N–H and O–H groups in total. The van der Waals surface area contributed by atoms with Crippen LogP contribution in [0.2, 0.25) is 0 Å². The highest BCUT2D eigenvalue weighted by Gasteiger charge is 2.20. The predicted molar refractivity (Wildman–Crippen MR) is 125 cm³/mol. The molecule has 1 saturated heterocycles. The Hall–Kier alpha value is -1.79. The Morgan fingerprint density at radius 1 is 1.06 bits per heavy atom. The van der Waals surface area contributed by atoms with Crippen LogP contribution in [0.15, 0.2) is 18.2 Å². The van der Waals surface area contributed by atoms with E-state index in [4.69, 9.17) is 14.2 Å². The maximum Gasteiger partial charge on any atom is 0.220 e. The second-order valence-electron chi connectivity index (χ2n) is 9.19. The fourth-order valence-electron chi connectivity index (χ4n) is 4.15. The van der Waals surface area contributed by atoms with E-state index in [0.29, 0.717) is 6.42 Å². The molecule has 0 aromatic heterocycles. The van der Waals surface area contributed by atoms with Gasteiger partial charge < -0.3 is 24.4 Å². The molecule has 1 aromatic rings. The van der Waals surface area contributed by atoms with E-state index >= 15 is 0 Å². The van der Waals surface area contributed by atoms with E-state index in [1.54, 1.807) is 21.3 Å². The van der Waals surface area contributed by atoms with Crippen molar-refractivity contribution in [3.8, 4) is 11.5 Å². The lowest BCUT2D eigenvalue weighted by Gasteiger charge is -2.25. The molecule has 2 rings (SSSR count). The van der Waals surface area contributed by atoms with Crippen LogP contribution in [0.3, 0.4) is 0 Å². The molecule has 1 aliphatic rings. The van der Waals surface area contributed by atoms with Crippen LogP contribution in [-0.2, 0) is 16.0 Å². The fourth-order valence-corrected chi connectivity index (χ4v) is 4.15. The Bertz CT molecular complexity index is 671. The number of ether oxygens (including phenoxy) is 3. The lowest BCUT2D eigenvalue weighted by atomic mass is 10.00. The molecule has 0 saturated carbocycles. The number of unbranched alkanes of at least 4 members (excludes halogenated alkanes) is 2. The largest absolute Gasteiger partial charge is 0.493 e. The molecule has 6 nitrogen and oxygen atoms in total. The molecule has 0 radical (unpaired) electrons. The van der Waals surface area contributed by atoms with Crippen molar-refractivity contribution in [3.63, 3.8) is 0 Å². The first-order chi connectivity index (χ1) is 14.9. The summed E-state index contributed by atoms with van der Waals surface area (Å²) in [4.78, 5) is 15.1. The van der Waals surface area contributed by atoms with Crippen molar-refractivity contribution < 1.29 is 19.0 Å². The Morgan fingerprint density at radius 2 is 1.77 bits per heavy atom. The van der Waals surface area contributed by atoms with Gasteiger partial charge in [-0.1, -0.05) is 18.9 Å². The molecule has 31 heavy (non-hydrogen) atoms. The monoisotopic (exact) mass is 434 g/mol. The fraction of sp³-hybridized carbons (Fsp3) is 0.720. The minimum absolute atomic E-state index is 0.0808. The van der Waals surface area contributed by atoms with Crippen LogP contribution in [0.25, 0.3) is 0 Å². The summed E-state index contributed by atoms with van der Waals surface area (Å²) in [5.41, 5.74) is 1.06. The number of nitrogens with zero attached hydrogens (tertiary/aromatic N) is 1. The van der Waals surface area contributed by atoms with E-state index < -0.39 is 0 Å². The minimum Gasteiger partial charge on any atom is -0.493 e. The van der Waals surface area contributed by atoms with Gasteiger partial charge in [-0.05, 0) is 76.7 Å². The van der Waals surface area contributed by atoms with Crippen molar-refractivity contribution in [3.05, 3.63) is 23.8 Å². The van der Waals surface area contributed by atoms with Gasteiger partial charge in [0.25, 0.3) is 0 Å². The van der Waals surface area contributed by atoms with Crippen LogP contribution in [0, 0.1) is 0 Å². The Morgan fingerprint density at radius 3 is 2.42 bits per heavy atom. The van der Waals surface area contributed by atoms with Crippen molar-refractivity contribution in [2.75, 3.05) is 41.0 Å². The van der Waals surface area contributed by atoms with E-state index in [2.05, 4.69) is 30.1 Å². The summed E-state index contributed by atoms with van der Waals surface area (Å²) in [6, 6.07) is 6.10. The van der Waals surface area contributed by atoms with Crippen LogP contribution >= 0.6 is 0 Å².